The Morgan fingerprint density at radius 3 is 2.80 bits per heavy atom. The van der Waals surface area contributed by atoms with Crippen LogP contribution in [0.5, 0.6) is 0 Å². The Kier molecular flexibility index (Phi) is 3.28. The van der Waals surface area contributed by atoms with Crippen molar-refractivity contribution in [2.24, 2.45) is 0 Å². The van der Waals surface area contributed by atoms with Crippen LogP contribution in [0.3, 0.4) is 0 Å². The Morgan fingerprint density at radius 1 is 1.40 bits per heavy atom. The van der Waals surface area contributed by atoms with Gasteiger partial charge in [-0.25, -0.2) is 0 Å². The summed E-state index contributed by atoms with van der Waals surface area (Å²) in [5, 5.41) is 13.3. The highest BCUT2D eigenvalue weighted by Crippen LogP contribution is 2.26. The summed E-state index contributed by atoms with van der Waals surface area (Å²) in [5.74, 6) is 0.342. The van der Waals surface area contributed by atoms with E-state index < -0.39 is 6.10 Å². The third-order valence-corrected chi connectivity index (χ3v) is 3.57. The van der Waals surface area contributed by atoms with Crippen LogP contribution in [-0.2, 0) is 0 Å². The summed E-state index contributed by atoms with van der Waals surface area (Å²) in [7, 11) is 0. The summed E-state index contributed by atoms with van der Waals surface area (Å²) in [6, 6.07) is 7.74. The van der Waals surface area contributed by atoms with Crippen molar-refractivity contribution >= 4 is 5.91 Å². The van der Waals surface area contributed by atoms with Gasteiger partial charge in [-0.1, -0.05) is 35.0 Å². The first-order valence-corrected chi connectivity index (χ1v) is 6.64. The minimum absolute atomic E-state index is 0.140. The Morgan fingerprint density at radius 2 is 2.15 bits per heavy atom. The van der Waals surface area contributed by atoms with Gasteiger partial charge in [-0.3, -0.25) is 4.79 Å². The minimum atomic E-state index is -0.429. The molecule has 2 heterocycles. The van der Waals surface area contributed by atoms with Crippen molar-refractivity contribution in [3.05, 3.63) is 41.6 Å². The standard InChI is InChI=1S/C15H16N2O3/c1-10-2-4-11(5-3-10)14-13(8-16-20-14)15(19)17-7-6-12(18)9-17/h2-5,8,12,18H,6-7,9H2,1H3. The maximum Gasteiger partial charge on any atom is 0.259 e. The van der Waals surface area contributed by atoms with Crippen molar-refractivity contribution in [1.82, 2.24) is 10.1 Å². The lowest BCUT2D eigenvalue weighted by molar-refractivity contribution is 0.0765. The van der Waals surface area contributed by atoms with Gasteiger partial charge in [-0.15, -0.1) is 0 Å². The molecule has 1 aliphatic heterocycles. The molecule has 1 aromatic heterocycles. The largest absolute Gasteiger partial charge is 0.391 e. The molecule has 2 aromatic rings. The fourth-order valence-electron chi connectivity index (χ4n) is 2.40. The number of carbonyl (C=O) groups excluding carboxylic acids is 1. The quantitative estimate of drug-likeness (QED) is 0.906. The number of aromatic nitrogens is 1. The lowest BCUT2D eigenvalue weighted by Gasteiger charge is -2.14. The van der Waals surface area contributed by atoms with Gasteiger partial charge in [0.05, 0.1) is 12.3 Å². The minimum Gasteiger partial charge on any atom is -0.391 e. The summed E-state index contributed by atoms with van der Waals surface area (Å²) < 4.78 is 5.24. The van der Waals surface area contributed by atoms with E-state index in [0.29, 0.717) is 30.8 Å². The second-order valence-corrected chi connectivity index (χ2v) is 5.13. The second-order valence-electron chi connectivity index (χ2n) is 5.13. The topological polar surface area (TPSA) is 66.6 Å². The van der Waals surface area contributed by atoms with Crippen LogP contribution in [0, 0.1) is 6.92 Å². The molecule has 1 N–H and O–H groups in total. The van der Waals surface area contributed by atoms with E-state index in [2.05, 4.69) is 5.16 Å². The summed E-state index contributed by atoms with van der Waals surface area (Å²) in [4.78, 5) is 14.1. The van der Waals surface area contributed by atoms with Crippen LogP contribution in [0.15, 0.2) is 35.0 Å². The van der Waals surface area contributed by atoms with Crippen LogP contribution < -0.4 is 0 Å². The normalized spacial score (nSPS) is 18.5. The van der Waals surface area contributed by atoms with Gasteiger partial charge in [0.1, 0.15) is 5.56 Å². The second kappa shape index (κ2) is 5.09. The zero-order chi connectivity index (χ0) is 14.1. The van der Waals surface area contributed by atoms with E-state index in [0.717, 1.165) is 11.1 Å². The Bertz CT molecular complexity index is 618. The predicted molar refractivity (Wildman–Crippen MR) is 73.2 cm³/mol. The van der Waals surface area contributed by atoms with Crippen LogP contribution in [0.25, 0.3) is 11.3 Å². The molecule has 1 aromatic carbocycles. The number of β-amino-alcohol motifs (C(OH)–C–C–N with tert-alkyl or cyclic N) is 1. The number of aliphatic hydroxyl groups excluding tert-OH is 1. The van der Waals surface area contributed by atoms with E-state index in [-0.39, 0.29) is 5.91 Å². The lowest BCUT2D eigenvalue weighted by Crippen LogP contribution is -2.29. The van der Waals surface area contributed by atoms with E-state index in [9.17, 15) is 9.90 Å². The van der Waals surface area contributed by atoms with E-state index in [1.807, 2.05) is 31.2 Å². The molecule has 1 saturated heterocycles. The van der Waals surface area contributed by atoms with Gasteiger partial charge in [-0.05, 0) is 13.3 Å². The third kappa shape index (κ3) is 2.32. The maximum absolute atomic E-state index is 12.4. The molecule has 5 nitrogen and oxygen atoms in total. The Balaban J connectivity index is 1.90. The number of hydrogen-bond acceptors (Lipinski definition) is 4. The molecular formula is C15H16N2O3. The van der Waals surface area contributed by atoms with E-state index in [4.69, 9.17) is 4.52 Å². The first-order chi connectivity index (χ1) is 9.65. The van der Waals surface area contributed by atoms with Gasteiger partial charge >= 0.3 is 0 Å². The summed E-state index contributed by atoms with van der Waals surface area (Å²) in [6.07, 6.45) is 1.64. The number of hydrogen-bond donors (Lipinski definition) is 1. The average molecular weight is 272 g/mol. The highest BCUT2D eigenvalue weighted by molar-refractivity contribution is 5.99. The molecule has 1 amide bonds. The fraction of sp³-hybridized carbons (Fsp3) is 0.333. The van der Waals surface area contributed by atoms with Gasteiger partial charge in [0, 0.05) is 18.7 Å². The summed E-state index contributed by atoms with van der Waals surface area (Å²) in [6.45, 7) is 2.94. The number of carbonyl (C=O) groups is 1. The molecule has 0 bridgehead atoms. The average Bonchev–Trinajstić information content (AvgIpc) is 3.07. The molecule has 5 heteroatoms. The number of aliphatic hydroxyl groups is 1. The molecule has 1 fully saturated rings. The molecule has 1 aliphatic rings. The van der Waals surface area contributed by atoms with Gasteiger partial charge in [0.25, 0.3) is 5.91 Å². The van der Waals surface area contributed by atoms with Gasteiger partial charge in [0.15, 0.2) is 5.76 Å². The number of likely N-dealkylation sites (tertiary alicyclic amines) is 1. The van der Waals surface area contributed by atoms with Crippen LogP contribution in [0.4, 0.5) is 0 Å². The summed E-state index contributed by atoms with van der Waals surface area (Å²) >= 11 is 0. The van der Waals surface area contributed by atoms with Crippen molar-refractivity contribution in [2.45, 2.75) is 19.4 Å². The number of rotatable bonds is 2. The van der Waals surface area contributed by atoms with E-state index >= 15 is 0 Å². The van der Waals surface area contributed by atoms with Crippen LogP contribution in [-0.4, -0.2) is 40.3 Å². The number of benzene rings is 1. The first kappa shape index (κ1) is 12.9. The summed E-state index contributed by atoms with van der Waals surface area (Å²) in [5.41, 5.74) is 2.42. The lowest BCUT2D eigenvalue weighted by atomic mass is 10.1. The molecule has 0 saturated carbocycles. The predicted octanol–water partition coefficient (Wildman–Crippen LogP) is 1.86. The van der Waals surface area contributed by atoms with Crippen molar-refractivity contribution in [3.8, 4) is 11.3 Å². The van der Waals surface area contributed by atoms with Crippen molar-refractivity contribution in [2.75, 3.05) is 13.1 Å². The molecular weight excluding hydrogens is 256 g/mol. The van der Waals surface area contributed by atoms with Gasteiger partial charge in [-0.2, -0.15) is 0 Å². The molecule has 104 valence electrons. The van der Waals surface area contributed by atoms with E-state index in [1.54, 1.807) is 4.90 Å². The van der Waals surface area contributed by atoms with Crippen LogP contribution in [0.1, 0.15) is 22.3 Å². The highest BCUT2D eigenvalue weighted by Gasteiger charge is 2.28. The third-order valence-electron chi connectivity index (χ3n) is 3.57. The first-order valence-electron chi connectivity index (χ1n) is 6.64. The number of amides is 1. The fourth-order valence-corrected chi connectivity index (χ4v) is 2.40. The van der Waals surface area contributed by atoms with Crippen molar-refractivity contribution in [1.29, 1.82) is 0 Å². The molecule has 3 rings (SSSR count). The SMILES string of the molecule is Cc1ccc(-c2oncc2C(=O)N2CCC(O)C2)cc1. The van der Waals surface area contributed by atoms with Crippen molar-refractivity contribution in [3.63, 3.8) is 0 Å². The van der Waals surface area contributed by atoms with Gasteiger partial charge in [0.2, 0.25) is 0 Å². The number of aryl methyl sites for hydroxylation is 1. The van der Waals surface area contributed by atoms with E-state index in [1.165, 1.54) is 6.20 Å². The highest BCUT2D eigenvalue weighted by atomic mass is 16.5. The van der Waals surface area contributed by atoms with Gasteiger partial charge < -0.3 is 14.5 Å². The molecule has 20 heavy (non-hydrogen) atoms. The Hall–Kier alpha value is -2.14. The monoisotopic (exact) mass is 272 g/mol. The molecule has 1 unspecified atom stereocenters. The van der Waals surface area contributed by atoms with Crippen LogP contribution >= 0.6 is 0 Å². The smallest absolute Gasteiger partial charge is 0.259 e. The molecule has 0 aliphatic carbocycles. The molecule has 0 radical (unpaired) electrons. The molecule has 0 spiro atoms. The zero-order valence-corrected chi connectivity index (χ0v) is 11.2. The zero-order valence-electron chi connectivity index (χ0n) is 11.2. The maximum atomic E-state index is 12.4. The number of nitrogens with zero attached hydrogens (tertiary/aromatic N) is 2. The van der Waals surface area contributed by atoms with Crippen molar-refractivity contribution < 1.29 is 14.4 Å². The van der Waals surface area contributed by atoms with Crippen LogP contribution in [0.2, 0.25) is 0 Å². The Labute approximate surface area is 116 Å². The molecule has 1 atom stereocenters.